The first-order valence-electron chi connectivity index (χ1n) is 9.99. The topological polar surface area (TPSA) is 72.3 Å². The lowest BCUT2D eigenvalue weighted by Crippen LogP contribution is -2.37. The number of nitrogens with one attached hydrogen (secondary N) is 1. The standard InChI is InChI=1S/C22H24ClN5O2/c1-30-17-10-8-16(9-11-17)21(27-12-4-5-13-27)14-24-22(29)19-15-28(26-25-19)20-7-3-2-6-18(20)23/h2-3,6-11,15,21H,4-5,12-14H2,1H3,(H,24,29). The number of carbonyl (C=O) groups is 1. The molecule has 1 fully saturated rings. The summed E-state index contributed by atoms with van der Waals surface area (Å²) in [5, 5.41) is 11.6. The van der Waals surface area contributed by atoms with Gasteiger partial charge in [0.25, 0.3) is 5.91 Å². The number of likely N-dealkylation sites (tertiary alicyclic amines) is 1. The van der Waals surface area contributed by atoms with Crippen molar-refractivity contribution in [3.8, 4) is 11.4 Å². The highest BCUT2D eigenvalue weighted by molar-refractivity contribution is 6.32. The van der Waals surface area contributed by atoms with Gasteiger partial charge in [-0.1, -0.05) is 41.1 Å². The van der Waals surface area contributed by atoms with E-state index in [4.69, 9.17) is 16.3 Å². The van der Waals surface area contributed by atoms with Gasteiger partial charge in [0.15, 0.2) is 5.69 Å². The number of amides is 1. The number of benzene rings is 2. The van der Waals surface area contributed by atoms with E-state index >= 15 is 0 Å². The minimum Gasteiger partial charge on any atom is -0.497 e. The maximum Gasteiger partial charge on any atom is 0.273 e. The number of halogens is 1. The number of methoxy groups -OCH3 is 1. The molecule has 1 amide bonds. The second-order valence-electron chi connectivity index (χ2n) is 7.24. The normalized spacial score (nSPS) is 15.1. The van der Waals surface area contributed by atoms with E-state index in [2.05, 4.69) is 32.7 Å². The third kappa shape index (κ3) is 4.47. The van der Waals surface area contributed by atoms with Crippen LogP contribution in [0.15, 0.2) is 54.7 Å². The number of nitrogens with zero attached hydrogens (tertiary/aromatic N) is 4. The van der Waals surface area contributed by atoms with Crippen molar-refractivity contribution in [2.45, 2.75) is 18.9 Å². The van der Waals surface area contributed by atoms with E-state index in [0.717, 1.165) is 24.4 Å². The summed E-state index contributed by atoms with van der Waals surface area (Å²) in [6, 6.07) is 15.4. The first kappa shape index (κ1) is 20.4. The number of aromatic nitrogens is 3. The molecule has 1 N–H and O–H groups in total. The monoisotopic (exact) mass is 425 g/mol. The second-order valence-corrected chi connectivity index (χ2v) is 7.65. The van der Waals surface area contributed by atoms with Crippen LogP contribution >= 0.6 is 11.6 Å². The van der Waals surface area contributed by atoms with E-state index in [0.29, 0.717) is 17.3 Å². The van der Waals surface area contributed by atoms with Crippen molar-refractivity contribution < 1.29 is 9.53 Å². The molecule has 156 valence electrons. The molecular weight excluding hydrogens is 402 g/mol. The van der Waals surface area contributed by atoms with Crippen LogP contribution in [0.4, 0.5) is 0 Å². The van der Waals surface area contributed by atoms with Gasteiger partial charge < -0.3 is 10.1 Å². The highest BCUT2D eigenvalue weighted by atomic mass is 35.5. The van der Waals surface area contributed by atoms with Crippen LogP contribution in [-0.2, 0) is 0 Å². The minimum atomic E-state index is -0.258. The molecule has 30 heavy (non-hydrogen) atoms. The van der Waals surface area contributed by atoms with Crippen LogP contribution in [0.3, 0.4) is 0 Å². The zero-order valence-corrected chi connectivity index (χ0v) is 17.5. The van der Waals surface area contributed by atoms with Crippen molar-refractivity contribution in [2.24, 2.45) is 0 Å². The highest BCUT2D eigenvalue weighted by Crippen LogP contribution is 2.26. The second kappa shape index (κ2) is 9.28. The van der Waals surface area contributed by atoms with Crippen LogP contribution < -0.4 is 10.1 Å². The Labute approximate surface area is 180 Å². The quantitative estimate of drug-likeness (QED) is 0.627. The third-order valence-corrected chi connectivity index (χ3v) is 5.68. The molecule has 1 atom stereocenters. The molecule has 0 bridgehead atoms. The molecule has 8 heteroatoms. The third-order valence-electron chi connectivity index (χ3n) is 5.36. The fourth-order valence-corrected chi connectivity index (χ4v) is 3.96. The van der Waals surface area contributed by atoms with Gasteiger partial charge in [-0.3, -0.25) is 9.69 Å². The molecule has 0 spiro atoms. The van der Waals surface area contributed by atoms with Crippen LogP contribution in [0.2, 0.25) is 5.02 Å². The molecule has 1 saturated heterocycles. The Morgan fingerprint density at radius 1 is 1.17 bits per heavy atom. The molecule has 0 aliphatic carbocycles. The predicted octanol–water partition coefficient (Wildman–Crippen LogP) is 3.50. The van der Waals surface area contributed by atoms with E-state index in [1.807, 2.05) is 30.3 Å². The van der Waals surface area contributed by atoms with Gasteiger partial charge in [0, 0.05) is 6.54 Å². The molecule has 7 nitrogen and oxygen atoms in total. The van der Waals surface area contributed by atoms with Crippen LogP contribution in [0.1, 0.15) is 34.9 Å². The number of rotatable bonds is 7. The van der Waals surface area contributed by atoms with Crippen LogP contribution in [0, 0.1) is 0 Å². The number of hydrogen-bond acceptors (Lipinski definition) is 5. The van der Waals surface area contributed by atoms with Gasteiger partial charge in [-0.2, -0.15) is 0 Å². The van der Waals surface area contributed by atoms with Gasteiger partial charge in [-0.05, 0) is 55.8 Å². The summed E-state index contributed by atoms with van der Waals surface area (Å²) in [6.07, 6.45) is 3.94. The number of para-hydroxylation sites is 1. The lowest BCUT2D eigenvalue weighted by Gasteiger charge is -2.28. The van der Waals surface area contributed by atoms with E-state index in [1.165, 1.54) is 17.5 Å². The molecule has 2 aromatic carbocycles. The molecule has 0 saturated carbocycles. The largest absolute Gasteiger partial charge is 0.497 e. The van der Waals surface area contributed by atoms with Crippen molar-refractivity contribution >= 4 is 17.5 Å². The van der Waals surface area contributed by atoms with Gasteiger partial charge in [-0.15, -0.1) is 5.10 Å². The van der Waals surface area contributed by atoms with Crippen molar-refractivity contribution in [3.63, 3.8) is 0 Å². The summed E-state index contributed by atoms with van der Waals surface area (Å²) in [4.78, 5) is 15.1. The Morgan fingerprint density at radius 2 is 1.90 bits per heavy atom. The maximum atomic E-state index is 12.7. The van der Waals surface area contributed by atoms with Crippen molar-refractivity contribution in [1.29, 1.82) is 0 Å². The van der Waals surface area contributed by atoms with Crippen LogP contribution in [0.25, 0.3) is 5.69 Å². The summed E-state index contributed by atoms with van der Waals surface area (Å²) in [5.41, 5.74) is 2.08. The van der Waals surface area contributed by atoms with Gasteiger partial charge in [0.05, 0.1) is 30.1 Å². The van der Waals surface area contributed by atoms with Crippen molar-refractivity contribution in [1.82, 2.24) is 25.2 Å². The van der Waals surface area contributed by atoms with Gasteiger partial charge >= 0.3 is 0 Å². The number of carbonyl (C=O) groups excluding carboxylic acids is 1. The smallest absolute Gasteiger partial charge is 0.273 e. The summed E-state index contributed by atoms with van der Waals surface area (Å²) in [5.74, 6) is 0.560. The predicted molar refractivity (Wildman–Crippen MR) is 115 cm³/mol. The number of hydrogen-bond donors (Lipinski definition) is 1. The maximum absolute atomic E-state index is 12.7. The van der Waals surface area contributed by atoms with Crippen molar-refractivity contribution in [3.05, 3.63) is 71.0 Å². The highest BCUT2D eigenvalue weighted by Gasteiger charge is 2.24. The first-order chi connectivity index (χ1) is 14.7. The summed E-state index contributed by atoms with van der Waals surface area (Å²) >= 11 is 6.21. The first-order valence-corrected chi connectivity index (χ1v) is 10.4. The molecule has 2 heterocycles. The van der Waals surface area contributed by atoms with Gasteiger partial charge in [0.2, 0.25) is 0 Å². The molecule has 1 aliphatic heterocycles. The molecule has 1 aliphatic rings. The van der Waals surface area contributed by atoms with Gasteiger partial charge in [-0.25, -0.2) is 4.68 Å². The van der Waals surface area contributed by atoms with Crippen molar-refractivity contribution in [2.75, 3.05) is 26.7 Å². The Kier molecular flexibility index (Phi) is 6.30. The lowest BCUT2D eigenvalue weighted by atomic mass is 10.1. The zero-order chi connectivity index (χ0) is 20.9. The Bertz CT molecular complexity index is 999. The summed E-state index contributed by atoms with van der Waals surface area (Å²) in [7, 11) is 1.66. The average Bonchev–Trinajstić information content (AvgIpc) is 3.47. The zero-order valence-electron chi connectivity index (χ0n) is 16.8. The van der Waals surface area contributed by atoms with E-state index in [9.17, 15) is 4.79 Å². The molecule has 4 rings (SSSR count). The van der Waals surface area contributed by atoms with E-state index in [1.54, 1.807) is 19.4 Å². The van der Waals surface area contributed by atoms with E-state index in [-0.39, 0.29) is 17.6 Å². The molecular formula is C22H24ClN5O2. The van der Waals surface area contributed by atoms with E-state index < -0.39 is 0 Å². The Balaban J connectivity index is 1.46. The van der Waals surface area contributed by atoms with Crippen LogP contribution in [-0.4, -0.2) is 52.5 Å². The molecule has 1 unspecified atom stereocenters. The Morgan fingerprint density at radius 3 is 2.60 bits per heavy atom. The molecule has 0 radical (unpaired) electrons. The molecule has 3 aromatic rings. The Hall–Kier alpha value is -2.90. The molecule has 1 aromatic heterocycles. The summed E-state index contributed by atoms with van der Waals surface area (Å²) in [6.45, 7) is 2.54. The summed E-state index contributed by atoms with van der Waals surface area (Å²) < 4.78 is 6.78. The van der Waals surface area contributed by atoms with Gasteiger partial charge in [0.1, 0.15) is 5.75 Å². The number of ether oxygens (including phenoxy) is 1. The average molecular weight is 426 g/mol. The van der Waals surface area contributed by atoms with Crippen LogP contribution in [0.5, 0.6) is 5.75 Å². The fourth-order valence-electron chi connectivity index (χ4n) is 3.74. The SMILES string of the molecule is COc1ccc(C(CNC(=O)c2cn(-c3ccccc3Cl)nn2)N2CCCC2)cc1. The fraction of sp³-hybridized carbons (Fsp3) is 0.318. The lowest BCUT2D eigenvalue weighted by molar-refractivity contribution is 0.0933. The minimum absolute atomic E-state index is 0.0981.